The largest absolute Gasteiger partial charge is 0.339 e. The number of alkyl halides is 2. The average molecular weight is 154 g/mol. The van der Waals surface area contributed by atoms with Gasteiger partial charge in [0, 0.05) is 7.05 Å². The minimum absolute atomic E-state index is 0.652. The Bertz CT molecular complexity index is 109. The van der Waals surface area contributed by atoms with Crippen molar-refractivity contribution in [2.75, 3.05) is 13.7 Å². The number of halogens is 2. The number of carbonyl (C=O) groups excluding carboxylic acids is 1. The molecular weight excluding hydrogens is 146 g/mol. The molecule has 0 saturated heterocycles. The van der Waals surface area contributed by atoms with Crippen LogP contribution in [0, 0.1) is 0 Å². The Labute approximate surface area is 56.5 Å². The summed E-state index contributed by atoms with van der Waals surface area (Å²) in [6, 6.07) is -0.652. The highest BCUT2D eigenvalue weighted by Crippen LogP contribution is 1.89. The minimum atomic E-state index is -2.57. The summed E-state index contributed by atoms with van der Waals surface area (Å²) >= 11 is 0. The van der Waals surface area contributed by atoms with E-state index >= 15 is 0 Å². The van der Waals surface area contributed by atoms with Crippen molar-refractivity contribution in [2.24, 2.45) is 0 Å². The number of hydroxylamine groups is 1. The zero-order valence-corrected chi connectivity index (χ0v) is 5.36. The van der Waals surface area contributed by atoms with Gasteiger partial charge in [-0.15, -0.1) is 0 Å². The Morgan fingerprint density at radius 3 is 2.70 bits per heavy atom. The molecule has 10 heavy (non-hydrogen) atoms. The van der Waals surface area contributed by atoms with Crippen LogP contribution in [0.3, 0.4) is 0 Å². The third kappa shape index (κ3) is 5.23. The van der Waals surface area contributed by atoms with E-state index in [0.717, 1.165) is 0 Å². The summed E-state index contributed by atoms with van der Waals surface area (Å²) in [6.07, 6.45) is -2.57. The van der Waals surface area contributed by atoms with Gasteiger partial charge in [-0.25, -0.2) is 19.1 Å². The smallest absolute Gasteiger partial charge is 0.338 e. The summed E-state index contributed by atoms with van der Waals surface area (Å²) in [5.41, 5.74) is 1.73. The lowest BCUT2D eigenvalue weighted by Gasteiger charge is -2.02. The Kier molecular flexibility index (Phi) is 4.47. The molecule has 0 saturated carbocycles. The predicted octanol–water partition coefficient (Wildman–Crippen LogP) is 0.112. The van der Waals surface area contributed by atoms with Gasteiger partial charge in [0.25, 0.3) is 6.43 Å². The van der Waals surface area contributed by atoms with E-state index in [1.165, 1.54) is 7.05 Å². The lowest BCUT2D eigenvalue weighted by atomic mass is 10.8. The van der Waals surface area contributed by atoms with Gasteiger partial charge in [0.05, 0.1) is 0 Å². The molecule has 0 aliphatic heterocycles. The van der Waals surface area contributed by atoms with Crippen molar-refractivity contribution in [1.82, 2.24) is 10.8 Å². The molecule has 0 aromatic carbocycles. The molecule has 0 aliphatic rings. The number of urea groups is 1. The van der Waals surface area contributed by atoms with Crippen molar-refractivity contribution >= 4 is 6.03 Å². The molecule has 6 heteroatoms. The number of nitrogens with one attached hydrogen (secondary N) is 2. The molecule has 0 unspecified atom stereocenters. The maximum absolute atomic E-state index is 11.3. The van der Waals surface area contributed by atoms with Gasteiger partial charge in [-0.05, 0) is 0 Å². The highest BCUT2D eigenvalue weighted by atomic mass is 19.3. The topological polar surface area (TPSA) is 50.4 Å². The fourth-order valence-corrected chi connectivity index (χ4v) is 0.221. The van der Waals surface area contributed by atoms with E-state index in [1.807, 2.05) is 0 Å². The van der Waals surface area contributed by atoms with Crippen LogP contribution in [0.2, 0.25) is 0 Å². The van der Waals surface area contributed by atoms with Crippen LogP contribution < -0.4 is 10.8 Å². The molecule has 0 aromatic rings. The van der Waals surface area contributed by atoms with Gasteiger partial charge in [0.1, 0.15) is 6.61 Å². The molecule has 4 nitrogen and oxygen atoms in total. The zero-order valence-electron chi connectivity index (χ0n) is 5.36. The molecule has 60 valence electrons. The van der Waals surface area contributed by atoms with E-state index in [9.17, 15) is 13.6 Å². The molecule has 0 heterocycles. The number of amides is 2. The van der Waals surface area contributed by atoms with Gasteiger partial charge >= 0.3 is 6.03 Å². The van der Waals surface area contributed by atoms with Crippen LogP contribution in [0.1, 0.15) is 0 Å². The monoisotopic (exact) mass is 154 g/mol. The number of hydrogen-bond acceptors (Lipinski definition) is 2. The molecule has 0 radical (unpaired) electrons. The van der Waals surface area contributed by atoms with Crippen molar-refractivity contribution in [3.05, 3.63) is 0 Å². The molecule has 0 bridgehead atoms. The molecular formula is C4H8F2N2O2. The third-order valence-electron chi connectivity index (χ3n) is 0.601. The molecule has 0 spiro atoms. The average Bonchev–Trinajstić information content (AvgIpc) is 1.87. The molecule has 0 aliphatic carbocycles. The van der Waals surface area contributed by atoms with Gasteiger partial charge in [-0.2, -0.15) is 0 Å². The van der Waals surface area contributed by atoms with Crippen LogP contribution in [-0.4, -0.2) is 26.1 Å². The maximum atomic E-state index is 11.3. The molecule has 0 aromatic heterocycles. The second kappa shape index (κ2) is 4.92. The van der Waals surface area contributed by atoms with Gasteiger partial charge < -0.3 is 5.32 Å². The number of hydrogen-bond donors (Lipinski definition) is 2. The summed E-state index contributed by atoms with van der Waals surface area (Å²) in [5, 5.41) is 2.12. The van der Waals surface area contributed by atoms with Crippen LogP contribution in [0.4, 0.5) is 13.6 Å². The number of carbonyl (C=O) groups is 1. The van der Waals surface area contributed by atoms with E-state index in [-0.39, 0.29) is 0 Å². The summed E-state index contributed by atoms with van der Waals surface area (Å²) in [6.45, 7) is -0.798. The van der Waals surface area contributed by atoms with Crippen molar-refractivity contribution in [2.45, 2.75) is 6.43 Å². The highest BCUT2D eigenvalue weighted by Gasteiger charge is 2.02. The van der Waals surface area contributed by atoms with E-state index < -0.39 is 19.1 Å². The van der Waals surface area contributed by atoms with Crippen LogP contribution in [-0.2, 0) is 4.84 Å². The lowest BCUT2D eigenvalue weighted by molar-refractivity contribution is -0.0178. The second-order valence-corrected chi connectivity index (χ2v) is 1.38. The first-order valence-electron chi connectivity index (χ1n) is 2.54. The van der Waals surface area contributed by atoms with E-state index in [0.29, 0.717) is 0 Å². The first kappa shape index (κ1) is 9.09. The van der Waals surface area contributed by atoms with E-state index in [2.05, 4.69) is 10.2 Å². The summed E-state index contributed by atoms with van der Waals surface area (Å²) < 4.78 is 22.6. The van der Waals surface area contributed by atoms with Crippen LogP contribution >= 0.6 is 0 Å². The Morgan fingerprint density at radius 2 is 2.30 bits per heavy atom. The van der Waals surface area contributed by atoms with Gasteiger partial charge in [-0.3, -0.25) is 4.84 Å². The lowest BCUT2D eigenvalue weighted by Crippen LogP contribution is -2.33. The van der Waals surface area contributed by atoms with Crippen molar-refractivity contribution < 1.29 is 18.4 Å². The van der Waals surface area contributed by atoms with Crippen molar-refractivity contribution in [3.8, 4) is 0 Å². The molecule has 0 atom stereocenters. The number of rotatable bonds is 3. The van der Waals surface area contributed by atoms with Crippen LogP contribution in [0.15, 0.2) is 0 Å². The van der Waals surface area contributed by atoms with E-state index in [4.69, 9.17) is 0 Å². The first-order valence-corrected chi connectivity index (χ1v) is 2.54. The normalized spacial score (nSPS) is 9.60. The third-order valence-corrected chi connectivity index (χ3v) is 0.601. The van der Waals surface area contributed by atoms with Gasteiger partial charge in [-0.1, -0.05) is 0 Å². The van der Waals surface area contributed by atoms with Gasteiger partial charge in [0.2, 0.25) is 0 Å². The Morgan fingerprint density at radius 1 is 1.70 bits per heavy atom. The minimum Gasteiger partial charge on any atom is -0.339 e. The zero-order chi connectivity index (χ0) is 7.98. The maximum Gasteiger partial charge on any atom is 0.338 e. The predicted molar refractivity (Wildman–Crippen MR) is 29.5 cm³/mol. The Hall–Kier alpha value is -0.910. The fourth-order valence-electron chi connectivity index (χ4n) is 0.221. The van der Waals surface area contributed by atoms with E-state index in [1.54, 1.807) is 5.48 Å². The molecule has 0 rings (SSSR count). The van der Waals surface area contributed by atoms with Crippen molar-refractivity contribution in [1.29, 1.82) is 0 Å². The second-order valence-electron chi connectivity index (χ2n) is 1.38. The summed E-state index contributed by atoms with van der Waals surface area (Å²) in [7, 11) is 1.35. The molecule has 2 amide bonds. The fraction of sp³-hybridized carbons (Fsp3) is 0.750. The Balaban J connectivity index is 3.12. The molecule has 0 fully saturated rings. The first-order chi connectivity index (χ1) is 4.66. The quantitative estimate of drug-likeness (QED) is 0.567. The van der Waals surface area contributed by atoms with Crippen LogP contribution in [0.25, 0.3) is 0 Å². The van der Waals surface area contributed by atoms with Crippen LogP contribution in [0.5, 0.6) is 0 Å². The summed E-state index contributed by atoms with van der Waals surface area (Å²) in [5.74, 6) is 0. The molecule has 2 N–H and O–H groups in total. The van der Waals surface area contributed by atoms with Gasteiger partial charge in [0.15, 0.2) is 0 Å². The summed E-state index contributed by atoms with van der Waals surface area (Å²) in [4.78, 5) is 14.2. The van der Waals surface area contributed by atoms with Crippen molar-refractivity contribution in [3.63, 3.8) is 0 Å². The highest BCUT2D eigenvalue weighted by molar-refractivity contribution is 5.72. The SMILES string of the molecule is CNC(=O)NOCC(F)F. The standard InChI is InChI=1S/C4H8F2N2O2/c1-7-4(9)8-10-2-3(5)6/h3H,2H2,1H3,(H2,7,8,9).